The highest BCUT2D eigenvalue weighted by Gasteiger charge is 2.25. The Morgan fingerprint density at radius 1 is 1.25 bits per heavy atom. The maximum absolute atomic E-state index is 14.4. The van der Waals surface area contributed by atoms with Crippen LogP contribution in [0.15, 0.2) is 12.1 Å². The van der Waals surface area contributed by atoms with Crippen molar-refractivity contribution in [3.8, 4) is 0 Å². The lowest BCUT2D eigenvalue weighted by Gasteiger charge is -2.19. The van der Waals surface area contributed by atoms with Gasteiger partial charge in [0.2, 0.25) is 0 Å². The summed E-state index contributed by atoms with van der Waals surface area (Å²) in [5.41, 5.74) is 1.35. The Kier molecular flexibility index (Phi) is 4.50. The number of aryl methyl sites for hydroxylation is 3. The lowest BCUT2D eigenvalue weighted by molar-refractivity contribution is 0.508. The van der Waals surface area contributed by atoms with Crippen LogP contribution in [0.3, 0.4) is 0 Å². The van der Waals surface area contributed by atoms with Crippen molar-refractivity contribution in [2.75, 3.05) is 6.54 Å². The summed E-state index contributed by atoms with van der Waals surface area (Å²) in [5.74, 6) is -1.01. The molecule has 2 aromatic rings. The number of thiazole rings is 1. The molecule has 1 N–H and O–H groups in total. The first-order valence-electron chi connectivity index (χ1n) is 6.57. The summed E-state index contributed by atoms with van der Waals surface area (Å²) in [4.78, 5) is 5.22. The zero-order valence-electron chi connectivity index (χ0n) is 12.1. The van der Waals surface area contributed by atoms with Crippen LogP contribution in [0.25, 0.3) is 0 Å². The Labute approximate surface area is 121 Å². The first-order chi connectivity index (χ1) is 9.45. The molecular formula is C15H18F2N2S. The Hall–Kier alpha value is -1.33. The van der Waals surface area contributed by atoms with Gasteiger partial charge in [0.15, 0.2) is 0 Å². The van der Waals surface area contributed by atoms with E-state index in [1.807, 2.05) is 20.8 Å². The van der Waals surface area contributed by atoms with Crippen molar-refractivity contribution >= 4 is 11.3 Å². The SMILES string of the molecule is CCNC(c1sc(C)nc1C)c1c(F)ccc(C)c1F. The predicted octanol–water partition coefficient (Wildman–Crippen LogP) is 4.05. The van der Waals surface area contributed by atoms with Gasteiger partial charge in [-0.25, -0.2) is 13.8 Å². The molecule has 2 nitrogen and oxygen atoms in total. The fraction of sp³-hybridized carbons (Fsp3) is 0.400. The number of rotatable bonds is 4. The lowest BCUT2D eigenvalue weighted by atomic mass is 10.0. The van der Waals surface area contributed by atoms with E-state index >= 15 is 0 Å². The van der Waals surface area contributed by atoms with Crippen molar-refractivity contribution in [2.45, 2.75) is 33.7 Å². The minimum Gasteiger partial charge on any atom is -0.306 e. The van der Waals surface area contributed by atoms with E-state index in [0.29, 0.717) is 12.1 Å². The van der Waals surface area contributed by atoms with Crippen molar-refractivity contribution in [3.05, 3.63) is 50.5 Å². The van der Waals surface area contributed by atoms with E-state index in [0.717, 1.165) is 15.6 Å². The van der Waals surface area contributed by atoms with E-state index in [-0.39, 0.29) is 5.56 Å². The molecule has 1 atom stereocenters. The Morgan fingerprint density at radius 3 is 2.50 bits per heavy atom. The summed E-state index contributed by atoms with van der Waals surface area (Å²) in [5, 5.41) is 4.07. The first-order valence-corrected chi connectivity index (χ1v) is 7.39. The van der Waals surface area contributed by atoms with Crippen LogP contribution in [0.1, 0.15) is 39.7 Å². The number of nitrogens with one attached hydrogen (secondary N) is 1. The molecular weight excluding hydrogens is 278 g/mol. The highest BCUT2D eigenvalue weighted by Crippen LogP contribution is 2.33. The van der Waals surface area contributed by atoms with Crippen molar-refractivity contribution < 1.29 is 8.78 Å². The molecule has 1 unspecified atom stereocenters. The van der Waals surface area contributed by atoms with Crippen LogP contribution >= 0.6 is 11.3 Å². The summed E-state index contributed by atoms with van der Waals surface area (Å²) in [6.45, 7) is 7.95. The van der Waals surface area contributed by atoms with Crippen LogP contribution in [0.4, 0.5) is 8.78 Å². The van der Waals surface area contributed by atoms with Gasteiger partial charge in [0.25, 0.3) is 0 Å². The maximum atomic E-state index is 14.4. The monoisotopic (exact) mass is 296 g/mol. The van der Waals surface area contributed by atoms with Crippen LogP contribution in [0.5, 0.6) is 0 Å². The predicted molar refractivity (Wildman–Crippen MR) is 78.2 cm³/mol. The molecule has 0 fully saturated rings. The normalized spacial score (nSPS) is 12.7. The Morgan fingerprint density at radius 2 is 1.95 bits per heavy atom. The maximum Gasteiger partial charge on any atom is 0.134 e. The fourth-order valence-corrected chi connectivity index (χ4v) is 3.30. The second kappa shape index (κ2) is 5.97. The smallest absolute Gasteiger partial charge is 0.134 e. The number of aromatic nitrogens is 1. The summed E-state index contributed by atoms with van der Waals surface area (Å²) < 4.78 is 28.5. The van der Waals surface area contributed by atoms with Gasteiger partial charge in [-0.2, -0.15) is 0 Å². The number of nitrogens with zero attached hydrogens (tertiary/aromatic N) is 1. The topological polar surface area (TPSA) is 24.9 Å². The molecule has 0 saturated carbocycles. The average Bonchev–Trinajstić information content (AvgIpc) is 2.72. The lowest BCUT2D eigenvalue weighted by Crippen LogP contribution is -2.24. The number of hydrogen-bond donors (Lipinski definition) is 1. The second-order valence-electron chi connectivity index (χ2n) is 4.77. The van der Waals surface area contributed by atoms with Gasteiger partial charge in [0.1, 0.15) is 11.6 Å². The molecule has 108 valence electrons. The Bertz CT molecular complexity index is 623. The number of hydrogen-bond acceptors (Lipinski definition) is 3. The number of benzene rings is 1. The summed E-state index contributed by atoms with van der Waals surface area (Å²) in [7, 11) is 0. The van der Waals surface area contributed by atoms with Crippen LogP contribution in [0.2, 0.25) is 0 Å². The molecule has 0 amide bonds. The van der Waals surface area contributed by atoms with Gasteiger partial charge in [0.05, 0.1) is 16.7 Å². The molecule has 20 heavy (non-hydrogen) atoms. The van der Waals surface area contributed by atoms with Crippen molar-refractivity contribution in [1.82, 2.24) is 10.3 Å². The first kappa shape index (κ1) is 15.1. The zero-order chi connectivity index (χ0) is 14.9. The van der Waals surface area contributed by atoms with Gasteiger partial charge in [-0.15, -0.1) is 11.3 Å². The molecule has 5 heteroatoms. The van der Waals surface area contributed by atoms with Crippen LogP contribution in [0, 0.1) is 32.4 Å². The molecule has 1 aromatic carbocycles. The third-order valence-electron chi connectivity index (χ3n) is 3.22. The molecule has 0 aliphatic carbocycles. The quantitative estimate of drug-likeness (QED) is 0.921. The molecule has 0 spiro atoms. The average molecular weight is 296 g/mol. The molecule has 0 saturated heterocycles. The summed E-state index contributed by atoms with van der Waals surface area (Å²) in [6.07, 6.45) is 0. The molecule has 0 bridgehead atoms. The molecule has 1 heterocycles. The minimum atomic E-state index is -0.524. The van der Waals surface area contributed by atoms with Gasteiger partial charge in [0, 0.05) is 10.4 Å². The highest BCUT2D eigenvalue weighted by molar-refractivity contribution is 7.11. The summed E-state index contributed by atoms with van der Waals surface area (Å²) >= 11 is 1.47. The molecule has 2 rings (SSSR count). The molecule has 1 aromatic heterocycles. The van der Waals surface area contributed by atoms with E-state index < -0.39 is 17.7 Å². The van der Waals surface area contributed by atoms with Crippen LogP contribution in [-0.2, 0) is 0 Å². The molecule has 0 radical (unpaired) electrons. The van der Waals surface area contributed by atoms with E-state index in [1.165, 1.54) is 23.5 Å². The van der Waals surface area contributed by atoms with Crippen molar-refractivity contribution in [1.29, 1.82) is 0 Å². The van der Waals surface area contributed by atoms with E-state index in [4.69, 9.17) is 0 Å². The largest absolute Gasteiger partial charge is 0.306 e. The van der Waals surface area contributed by atoms with Gasteiger partial charge < -0.3 is 5.32 Å². The molecule has 0 aliphatic heterocycles. The third kappa shape index (κ3) is 2.74. The van der Waals surface area contributed by atoms with Crippen LogP contribution in [-0.4, -0.2) is 11.5 Å². The van der Waals surface area contributed by atoms with Crippen molar-refractivity contribution in [2.24, 2.45) is 0 Å². The highest BCUT2D eigenvalue weighted by atomic mass is 32.1. The van der Waals surface area contributed by atoms with Gasteiger partial charge in [-0.1, -0.05) is 13.0 Å². The third-order valence-corrected chi connectivity index (χ3v) is 4.36. The van der Waals surface area contributed by atoms with E-state index in [9.17, 15) is 8.78 Å². The minimum absolute atomic E-state index is 0.0820. The number of halogens is 2. The standard InChI is InChI=1S/C15H18F2N2S/c1-5-18-14(15-9(3)19-10(4)20-15)12-11(16)7-6-8(2)13(12)17/h6-7,14,18H,5H2,1-4H3. The van der Waals surface area contributed by atoms with E-state index in [1.54, 1.807) is 6.92 Å². The van der Waals surface area contributed by atoms with Gasteiger partial charge in [-0.05, 0) is 38.9 Å². The fourth-order valence-electron chi connectivity index (χ4n) is 2.29. The molecule has 0 aliphatic rings. The van der Waals surface area contributed by atoms with Crippen molar-refractivity contribution in [3.63, 3.8) is 0 Å². The second-order valence-corrected chi connectivity index (χ2v) is 6.00. The van der Waals surface area contributed by atoms with Gasteiger partial charge in [-0.3, -0.25) is 0 Å². The van der Waals surface area contributed by atoms with E-state index in [2.05, 4.69) is 10.3 Å². The summed E-state index contributed by atoms with van der Waals surface area (Å²) in [6, 6.07) is 2.29. The Balaban J connectivity index is 2.60. The van der Waals surface area contributed by atoms with Crippen LogP contribution < -0.4 is 5.32 Å². The zero-order valence-corrected chi connectivity index (χ0v) is 12.9. The van der Waals surface area contributed by atoms with Gasteiger partial charge >= 0.3 is 0 Å².